The summed E-state index contributed by atoms with van der Waals surface area (Å²) in [7, 11) is 0. The standard InChI is InChI=1S/C39H46N4O9/c1-25(44)39(34(49)52-37(5,6)7,42(28-17-13-10-14-18-28)32(47)30(40)23-31(46)51-36(2,3)4)43-33(48)38(8,27-19-21-29(45)22-20-27)41(35(43)50)24-26-15-11-9-12-16-26/h9-22,30,45H,23-24,40H2,1-8H3/t30-,38+,39-/m0/s1. The number of aromatic hydroxyl groups is 1. The molecule has 13 nitrogen and oxygen atoms in total. The average Bonchev–Trinajstić information content (AvgIpc) is 3.23. The van der Waals surface area contributed by atoms with Gasteiger partial charge in [0, 0.05) is 12.2 Å². The number of hydrogen-bond donors (Lipinski definition) is 2. The van der Waals surface area contributed by atoms with E-state index in [2.05, 4.69) is 0 Å². The van der Waals surface area contributed by atoms with E-state index in [4.69, 9.17) is 15.2 Å². The van der Waals surface area contributed by atoms with Crippen molar-refractivity contribution in [3.05, 3.63) is 96.1 Å². The molecule has 4 amide bonds. The predicted molar refractivity (Wildman–Crippen MR) is 191 cm³/mol. The van der Waals surface area contributed by atoms with Crippen molar-refractivity contribution >= 4 is 41.3 Å². The molecule has 1 aliphatic heterocycles. The van der Waals surface area contributed by atoms with Crippen LogP contribution in [0.2, 0.25) is 0 Å². The minimum Gasteiger partial charge on any atom is -0.508 e. The molecule has 0 aliphatic carbocycles. The fourth-order valence-electron chi connectivity index (χ4n) is 6.03. The first-order valence-corrected chi connectivity index (χ1v) is 16.8. The van der Waals surface area contributed by atoms with Gasteiger partial charge in [0.05, 0.1) is 12.5 Å². The van der Waals surface area contributed by atoms with Crippen molar-refractivity contribution in [3.8, 4) is 5.75 Å². The van der Waals surface area contributed by atoms with Crippen LogP contribution < -0.4 is 10.6 Å². The number of urea groups is 1. The molecule has 3 aromatic carbocycles. The van der Waals surface area contributed by atoms with E-state index >= 15 is 9.59 Å². The quantitative estimate of drug-likeness (QED) is 0.160. The van der Waals surface area contributed by atoms with Crippen LogP contribution in [0, 0.1) is 0 Å². The van der Waals surface area contributed by atoms with Crippen LogP contribution in [-0.2, 0) is 45.5 Å². The number of phenols is 1. The van der Waals surface area contributed by atoms with Crippen molar-refractivity contribution in [1.82, 2.24) is 9.80 Å². The zero-order chi connectivity index (χ0) is 38.8. The third-order valence-electron chi connectivity index (χ3n) is 8.37. The number of esters is 2. The molecule has 0 unspecified atom stereocenters. The number of Topliss-reactive ketones (excluding diaryl/α,β-unsaturated/α-hetero) is 1. The lowest BCUT2D eigenvalue weighted by Gasteiger charge is -2.45. The lowest BCUT2D eigenvalue weighted by atomic mass is 9.88. The Morgan fingerprint density at radius 2 is 1.35 bits per heavy atom. The summed E-state index contributed by atoms with van der Waals surface area (Å²) < 4.78 is 11.2. The molecule has 0 radical (unpaired) electrons. The van der Waals surface area contributed by atoms with E-state index in [9.17, 15) is 24.3 Å². The number of carbonyl (C=O) groups is 6. The number of imide groups is 1. The summed E-state index contributed by atoms with van der Waals surface area (Å²) in [6.07, 6.45) is -0.672. The smallest absolute Gasteiger partial charge is 0.363 e. The van der Waals surface area contributed by atoms with Crippen molar-refractivity contribution in [2.24, 2.45) is 5.73 Å². The lowest BCUT2D eigenvalue weighted by molar-refractivity contribution is -0.174. The number of para-hydroxylation sites is 1. The highest BCUT2D eigenvalue weighted by molar-refractivity contribution is 6.24. The molecule has 13 heteroatoms. The second-order valence-electron chi connectivity index (χ2n) is 14.8. The van der Waals surface area contributed by atoms with Gasteiger partial charge in [0.1, 0.15) is 22.5 Å². The van der Waals surface area contributed by atoms with Crippen LogP contribution in [0.25, 0.3) is 0 Å². The number of ether oxygens (including phenoxy) is 2. The molecule has 4 rings (SSSR count). The molecule has 1 heterocycles. The summed E-state index contributed by atoms with van der Waals surface area (Å²) in [5.41, 5.74) is -0.0996. The summed E-state index contributed by atoms with van der Waals surface area (Å²) >= 11 is 0. The van der Waals surface area contributed by atoms with Gasteiger partial charge in [-0.2, -0.15) is 0 Å². The Morgan fingerprint density at radius 3 is 1.85 bits per heavy atom. The van der Waals surface area contributed by atoms with Gasteiger partial charge in [-0.15, -0.1) is 0 Å². The van der Waals surface area contributed by atoms with Crippen LogP contribution in [0.4, 0.5) is 10.5 Å². The van der Waals surface area contributed by atoms with Gasteiger partial charge < -0.3 is 25.2 Å². The maximum Gasteiger partial charge on any atom is 0.363 e. The fourth-order valence-corrected chi connectivity index (χ4v) is 6.03. The minimum absolute atomic E-state index is 0.0957. The van der Waals surface area contributed by atoms with E-state index in [-0.39, 0.29) is 23.5 Å². The number of ketones is 1. The van der Waals surface area contributed by atoms with Crippen LogP contribution in [-0.4, -0.2) is 73.4 Å². The molecule has 1 fully saturated rings. The largest absolute Gasteiger partial charge is 0.508 e. The van der Waals surface area contributed by atoms with E-state index in [1.54, 1.807) is 57.2 Å². The second-order valence-corrected chi connectivity index (χ2v) is 14.8. The zero-order valence-electron chi connectivity index (χ0n) is 30.7. The van der Waals surface area contributed by atoms with Crippen LogP contribution in [0.15, 0.2) is 84.9 Å². The van der Waals surface area contributed by atoms with Crippen LogP contribution in [0.5, 0.6) is 5.75 Å². The first-order valence-electron chi connectivity index (χ1n) is 16.8. The number of phenolic OH excluding ortho intramolecular Hbond substituents is 1. The molecule has 0 saturated carbocycles. The summed E-state index contributed by atoms with van der Waals surface area (Å²) in [5.74, 6) is -5.68. The first-order chi connectivity index (χ1) is 24.1. The number of hydrogen-bond acceptors (Lipinski definition) is 10. The molecule has 52 heavy (non-hydrogen) atoms. The Hall–Kier alpha value is -5.56. The van der Waals surface area contributed by atoms with Crippen molar-refractivity contribution in [1.29, 1.82) is 0 Å². The van der Waals surface area contributed by atoms with Gasteiger partial charge >= 0.3 is 18.0 Å². The highest BCUT2D eigenvalue weighted by Crippen LogP contribution is 2.45. The normalized spacial score (nSPS) is 18.0. The lowest BCUT2D eigenvalue weighted by Crippen LogP contribution is -2.75. The second kappa shape index (κ2) is 14.6. The molecule has 0 spiro atoms. The third kappa shape index (κ3) is 7.69. The topological polar surface area (TPSA) is 177 Å². The van der Waals surface area contributed by atoms with E-state index in [0.717, 1.165) is 6.92 Å². The van der Waals surface area contributed by atoms with Gasteiger partial charge in [-0.1, -0.05) is 60.7 Å². The number of benzene rings is 3. The Bertz CT molecular complexity index is 1840. The summed E-state index contributed by atoms with van der Waals surface area (Å²) in [5, 5.41) is 10.1. The van der Waals surface area contributed by atoms with Crippen molar-refractivity contribution in [2.75, 3.05) is 4.90 Å². The summed E-state index contributed by atoms with van der Waals surface area (Å²) in [6, 6.07) is 18.9. The molecule has 0 bridgehead atoms. The molecule has 276 valence electrons. The summed E-state index contributed by atoms with van der Waals surface area (Å²) in [4.78, 5) is 89.5. The monoisotopic (exact) mass is 714 g/mol. The molecule has 3 aromatic rings. The van der Waals surface area contributed by atoms with Gasteiger partial charge in [-0.25, -0.2) is 14.5 Å². The fraction of sp³-hybridized carbons (Fsp3) is 0.385. The van der Waals surface area contributed by atoms with Crippen LogP contribution >= 0.6 is 0 Å². The summed E-state index contributed by atoms with van der Waals surface area (Å²) in [6.45, 7) is 11.7. The predicted octanol–water partition coefficient (Wildman–Crippen LogP) is 4.79. The molecule has 0 aromatic heterocycles. The Balaban J connectivity index is 2.05. The average molecular weight is 715 g/mol. The minimum atomic E-state index is -3.12. The maximum absolute atomic E-state index is 15.2. The number of amides is 4. The Labute approximate surface area is 303 Å². The van der Waals surface area contributed by atoms with E-state index in [1.165, 1.54) is 81.1 Å². The van der Waals surface area contributed by atoms with Crippen molar-refractivity contribution in [3.63, 3.8) is 0 Å². The Morgan fingerprint density at radius 1 is 0.827 bits per heavy atom. The number of anilines is 1. The molecular formula is C39H46N4O9. The molecular weight excluding hydrogens is 668 g/mol. The first kappa shape index (κ1) is 39.2. The maximum atomic E-state index is 15.2. The SMILES string of the molecule is CC(=O)[C@@](C(=O)OC(C)(C)C)(N1C(=O)N(Cc2ccccc2)[C@](C)(c2ccc(O)cc2)C1=O)N(C(=O)[C@@H](N)CC(=O)OC(C)(C)C)c1ccccc1. The van der Waals surface area contributed by atoms with Crippen LogP contribution in [0.3, 0.4) is 0 Å². The number of nitrogens with zero attached hydrogens (tertiary/aromatic N) is 3. The number of nitrogens with two attached hydrogens (primary N) is 1. The van der Waals surface area contributed by atoms with E-state index < -0.39 is 70.4 Å². The third-order valence-corrected chi connectivity index (χ3v) is 8.37. The highest BCUT2D eigenvalue weighted by atomic mass is 16.6. The molecule has 3 N–H and O–H groups in total. The number of rotatable bonds is 11. The Kier molecular flexibility index (Phi) is 11.0. The molecule has 1 aliphatic rings. The van der Waals surface area contributed by atoms with Gasteiger partial charge in [-0.05, 0) is 90.8 Å². The number of carbonyl (C=O) groups excluding carboxylic acids is 6. The zero-order valence-corrected chi connectivity index (χ0v) is 30.7. The van der Waals surface area contributed by atoms with Crippen molar-refractivity contribution in [2.45, 2.75) is 96.8 Å². The van der Waals surface area contributed by atoms with E-state index in [0.29, 0.717) is 15.4 Å². The van der Waals surface area contributed by atoms with Gasteiger partial charge in [0.25, 0.3) is 11.6 Å². The molecule has 1 saturated heterocycles. The van der Waals surface area contributed by atoms with Crippen molar-refractivity contribution < 1.29 is 43.3 Å². The molecule has 3 atom stereocenters. The van der Waals surface area contributed by atoms with Gasteiger partial charge in [0.15, 0.2) is 5.78 Å². The van der Waals surface area contributed by atoms with Gasteiger partial charge in [0.2, 0.25) is 5.91 Å². The highest BCUT2D eigenvalue weighted by Gasteiger charge is 2.70. The van der Waals surface area contributed by atoms with Crippen LogP contribution in [0.1, 0.15) is 72.9 Å². The van der Waals surface area contributed by atoms with E-state index in [1.807, 2.05) is 0 Å². The van der Waals surface area contributed by atoms with Gasteiger partial charge in [-0.3, -0.25) is 24.1 Å².